The molecule has 0 aliphatic carbocycles. The second kappa shape index (κ2) is 43.9. The van der Waals surface area contributed by atoms with Crippen LogP contribution in [0.3, 0.4) is 0 Å². The second-order valence-electron chi connectivity index (χ2n) is 33.0. The summed E-state index contributed by atoms with van der Waals surface area (Å²) in [6.45, 7) is 58.4. The standard InChI is InChI=1S/4C13H18N4.3C12H17N5/c1-8(2)12-16-11-5-6-14-7-10(11)13(17-12)15-9(3)4;1-8(2)12-16-11-7-14-6-5-10(11)13(17-12)15-9(3)4;1-8(2)12-16-10-6-5-7-14-11(10)13(17-12)15-9(3)4;1-8(2)11-16-12-10(6-5-7-14-12)13(17-11)15-9(3)4;1-7(2)11-16-9-5-13-6-14-10(9)12(17-11)15-8(3)4;1-7(2)10-16-11-9(5-13-6-14-11)12(17-10)15-8(3)4;1-7(2)10-16-11-9(13-5-6-14-11)12(17-10)15-8(3)4/h3*5-9H,1-4H3,(H,15,16,17);5-9H,1-4H3,(H,14,15,16,17);5-8H,1-4H3,(H,15,16,17);5-8H,1-4H3,(H,13,14,15,16,17);5-8H,1-4H3,(H,14,15,16,17). The number of anilines is 7. The molecule has 0 spiro atoms. The Bertz CT molecular complexity index is 4600. The van der Waals surface area contributed by atoms with E-state index < -0.39 is 0 Å². The predicted octanol–water partition coefficient (Wildman–Crippen LogP) is 19.0. The van der Waals surface area contributed by atoms with Crippen LogP contribution < -0.4 is 37.2 Å². The van der Waals surface area contributed by atoms with E-state index in [2.05, 4.69) is 351 Å². The summed E-state index contributed by atoms with van der Waals surface area (Å²) in [5.74, 6) is 13.8. The van der Waals surface area contributed by atoms with Crippen LogP contribution in [0.15, 0.2) is 111 Å². The topological polar surface area (TPSA) is 394 Å². The van der Waals surface area contributed by atoms with Crippen LogP contribution in [0.2, 0.25) is 0 Å². The Kier molecular flexibility index (Phi) is 34.0. The van der Waals surface area contributed by atoms with E-state index >= 15 is 0 Å². The maximum atomic E-state index is 4.59. The lowest BCUT2D eigenvalue weighted by molar-refractivity contribution is 0.775. The lowest BCUT2D eigenvalue weighted by Crippen LogP contribution is -2.14. The maximum Gasteiger partial charge on any atom is 0.183 e. The minimum Gasteiger partial charge on any atom is -0.367 e. The van der Waals surface area contributed by atoms with Gasteiger partial charge >= 0.3 is 0 Å². The zero-order valence-electron chi connectivity index (χ0n) is 74.7. The van der Waals surface area contributed by atoms with Gasteiger partial charge in [0.2, 0.25) is 0 Å². The van der Waals surface area contributed by atoms with Crippen LogP contribution in [-0.4, -0.2) is 162 Å². The van der Waals surface area contributed by atoms with Crippen LogP contribution >= 0.6 is 0 Å². The summed E-state index contributed by atoms with van der Waals surface area (Å²) in [6.07, 6.45) is 20.5. The van der Waals surface area contributed by atoms with Gasteiger partial charge in [-0.25, -0.2) is 105 Å². The first-order chi connectivity index (χ1) is 56.5. The van der Waals surface area contributed by atoms with E-state index in [0.717, 1.165) is 147 Å². The first-order valence-corrected chi connectivity index (χ1v) is 41.3. The number of nitrogens with zero attached hydrogens (tertiary/aromatic N) is 24. The number of rotatable bonds is 21. The van der Waals surface area contributed by atoms with Crippen molar-refractivity contribution < 1.29 is 0 Å². The van der Waals surface area contributed by atoms with Gasteiger partial charge in [0.25, 0.3) is 0 Å². The fourth-order valence-electron chi connectivity index (χ4n) is 11.1. The van der Waals surface area contributed by atoms with Crippen molar-refractivity contribution in [1.29, 1.82) is 0 Å². The summed E-state index contributed by atoms with van der Waals surface area (Å²) in [7, 11) is 0. The van der Waals surface area contributed by atoms with E-state index in [4.69, 9.17) is 0 Å². The van der Waals surface area contributed by atoms with Crippen molar-refractivity contribution in [2.45, 2.75) is 278 Å². The Morgan fingerprint density at radius 1 is 0.202 bits per heavy atom. The molecule has 0 aliphatic heterocycles. The molecule has 14 aromatic rings. The molecule has 0 saturated heterocycles. The van der Waals surface area contributed by atoms with Gasteiger partial charge in [0.05, 0.1) is 45.1 Å². The molecule has 0 radical (unpaired) electrons. The molecular weight excluding hydrogens is 1490 g/mol. The van der Waals surface area contributed by atoms with Crippen molar-refractivity contribution in [1.82, 2.24) is 120 Å². The number of pyridine rings is 4. The van der Waals surface area contributed by atoms with Gasteiger partial charge < -0.3 is 37.2 Å². The van der Waals surface area contributed by atoms with Crippen molar-refractivity contribution in [3.05, 3.63) is 152 Å². The molecule has 0 bridgehead atoms. The second-order valence-corrected chi connectivity index (χ2v) is 33.0. The van der Waals surface area contributed by atoms with E-state index in [9.17, 15) is 0 Å². The van der Waals surface area contributed by atoms with Crippen LogP contribution in [-0.2, 0) is 0 Å². The van der Waals surface area contributed by atoms with Gasteiger partial charge in [-0.15, -0.1) is 0 Å². The molecule has 14 rings (SSSR count). The Balaban J connectivity index is 0.000000173. The van der Waals surface area contributed by atoms with Gasteiger partial charge in [0.1, 0.15) is 98.8 Å². The molecule has 14 aromatic heterocycles. The molecule has 119 heavy (non-hydrogen) atoms. The van der Waals surface area contributed by atoms with Crippen LogP contribution in [0.4, 0.5) is 40.7 Å². The van der Waals surface area contributed by atoms with Crippen LogP contribution in [0.25, 0.3) is 77.1 Å². The van der Waals surface area contributed by atoms with E-state index in [1.54, 1.807) is 55.8 Å². The first-order valence-electron chi connectivity index (χ1n) is 41.3. The molecule has 630 valence electrons. The monoisotopic (exact) mass is 1610 g/mol. The van der Waals surface area contributed by atoms with E-state index in [1.165, 1.54) is 12.7 Å². The van der Waals surface area contributed by atoms with Gasteiger partial charge in [-0.05, 0) is 133 Å². The maximum absolute atomic E-state index is 4.59. The summed E-state index contributed by atoms with van der Waals surface area (Å²) in [6, 6.07) is 13.9. The molecule has 0 aliphatic rings. The number of fused-ring (bicyclic) bond motifs is 7. The fourth-order valence-corrected chi connectivity index (χ4v) is 11.1. The number of nitrogens with one attached hydrogen (secondary N) is 7. The van der Waals surface area contributed by atoms with Crippen molar-refractivity contribution in [2.75, 3.05) is 37.2 Å². The summed E-state index contributed by atoms with van der Waals surface area (Å²) in [5.41, 5.74) is 7.97. The third kappa shape index (κ3) is 27.2. The average Bonchev–Trinajstić information content (AvgIpc) is 0.851. The molecule has 31 nitrogen and oxygen atoms in total. The molecule has 0 amide bonds. The molecule has 14 heterocycles. The van der Waals surface area contributed by atoms with Gasteiger partial charge in [-0.3, -0.25) is 15.0 Å². The largest absolute Gasteiger partial charge is 0.367 e. The quantitative estimate of drug-likeness (QED) is 0.0351. The van der Waals surface area contributed by atoms with Crippen molar-refractivity contribution in [3.63, 3.8) is 0 Å². The predicted molar refractivity (Wildman–Crippen MR) is 485 cm³/mol. The summed E-state index contributed by atoms with van der Waals surface area (Å²) < 4.78 is 0. The number of hydrogen-bond donors (Lipinski definition) is 7. The molecule has 0 saturated carbocycles. The van der Waals surface area contributed by atoms with E-state index in [0.29, 0.717) is 77.3 Å². The molecule has 0 atom stereocenters. The fraction of sp³-hybridized carbons (Fsp3) is 0.477. The lowest BCUT2D eigenvalue weighted by atomic mass is 10.2. The van der Waals surface area contributed by atoms with Gasteiger partial charge in [-0.1, -0.05) is 96.9 Å². The number of aromatic nitrogens is 24. The van der Waals surface area contributed by atoms with Crippen molar-refractivity contribution in [2.24, 2.45) is 0 Å². The highest BCUT2D eigenvalue weighted by Crippen LogP contribution is 2.29. The summed E-state index contributed by atoms with van der Waals surface area (Å²) >= 11 is 0. The van der Waals surface area contributed by atoms with Gasteiger partial charge in [0, 0.05) is 139 Å². The summed E-state index contributed by atoms with van der Waals surface area (Å²) in [4.78, 5) is 105. The first kappa shape index (κ1) is 92.3. The Morgan fingerprint density at radius 2 is 0.521 bits per heavy atom. The Hall–Kier alpha value is -12.2. The highest BCUT2D eigenvalue weighted by atomic mass is 15.1. The van der Waals surface area contributed by atoms with Crippen LogP contribution in [0, 0.1) is 0 Å². The Labute approximate surface area is 700 Å². The minimum absolute atomic E-state index is 0.272. The normalized spacial score (nSPS) is 11.4. The van der Waals surface area contributed by atoms with Crippen molar-refractivity contribution in [3.8, 4) is 0 Å². The molecule has 7 N–H and O–H groups in total. The SMILES string of the molecule is CC(C)Nc1nc(C(C)C)nc2cccnc12.CC(C)Nc1nc(C(C)C)nc2ccncc12.CC(C)Nc1nc(C(C)C)nc2cnccc12.CC(C)Nc1nc(C(C)C)nc2cncnc12.CC(C)Nc1nc(C(C)C)nc2ncccc12.CC(C)Nc1nc(C(C)C)nc2nccnc12.CC(C)Nc1nc(C(C)C)nc2ncncc12. The highest BCUT2D eigenvalue weighted by Gasteiger charge is 2.20. The smallest absolute Gasteiger partial charge is 0.183 e. The van der Waals surface area contributed by atoms with E-state index in [1.807, 2.05) is 42.6 Å². The molecule has 31 heteroatoms. The molecule has 0 unspecified atom stereocenters. The number of hydrogen-bond acceptors (Lipinski definition) is 31. The molecular formula is C88H123N31. The average molecular weight is 1620 g/mol. The zero-order chi connectivity index (χ0) is 86.9. The van der Waals surface area contributed by atoms with Gasteiger partial charge in [-0.2, -0.15) is 0 Å². The van der Waals surface area contributed by atoms with Gasteiger partial charge in [0.15, 0.2) is 34.4 Å². The van der Waals surface area contributed by atoms with E-state index in [-0.39, 0.29) is 17.8 Å². The lowest BCUT2D eigenvalue weighted by Gasteiger charge is -2.14. The zero-order valence-corrected chi connectivity index (χ0v) is 74.7. The molecule has 0 aromatic carbocycles. The highest BCUT2D eigenvalue weighted by molar-refractivity contribution is 5.91. The van der Waals surface area contributed by atoms with Crippen LogP contribution in [0.1, 0.15) is 276 Å². The third-order valence-electron chi connectivity index (χ3n) is 16.7. The van der Waals surface area contributed by atoms with Crippen molar-refractivity contribution >= 4 is 118 Å². The summed E-state index contributed by atoms with van der Waals surface area (Å²) in [5, 5.41) is 27.1. The Morgan fingerprint density at radius 3 is 1.03 bits per heavy atom. The van der Waals surface area contributed by atoms with Crippen LogP contribution in [0.5, 0.6) is 0 Å². The third-order valence-corrected chi connectivity index (χ3v) is 16.7. The molecule has 0 fully saturated rings. The minimum atomic E-state index is 0.272.